The van der Waals surface area contributed by atoms with E-state index in [1.165, 1.54) is 83.5 Å². The Labute approximate surface area is 203 Å². The standard InChI is InChI=1S/C29H42F4O/c1-2-3-4-5-6-7-8-21-11-15-24(16-12-21)25-17-13-22(14-18-25)9-10-23-19-26(30)28(27(31)20-23)34-29(32)33/h4-5,19-22,24-25,29H,2-3,6-18H2,1H3. The third kappa shape index (κ3) is 8.61. The molecule has 0 atom stereocenters. The zero-order chi connectivity index (χ0) is 24.3. The summed E-state index contributed by atoms with van der Waals surface area (Å²) >= 11 is 0. The van der Waals surface area contributed by atoms with Gasteiger partial charge in [-0.05, 0) is 99.2 Å². The topological polar surface area (TPSA) is 9.23 Å². The Hall–Kier alpha value is -1.52. The molecule has 0 heterocycles. The summed E-state index contributed by atoms with van der Waals surface area (Å²) in [6.45, 7) is -1.02. The minimum Gasteiger partial charge on any atom is -0.429 e. The lowest BCUT2D eigenvalue weighted by atomic mass is 9.68. The van der Waals surface area contributed by atoms with Gasteiger partial charge in [0.25, 0.3) is 0 Å². The Kier molecular flexibility index (Phi) is 11.3. The largest absolute Gasteiger partial charge is 0.429 e. The molecule has 1 nitrogen and oxygen atoms in total. The van der Waals surface area contributed by atoms with E-state index < -0.39 is 24.0 Å². The van der Waals surface area contributed by atoms with Crippen molar-refractivity contribution >= 4 is 0 Å². The van der Waals surface area contributed by atoms with Crippen LogP contribution in [-0.4, -0.2) is 6.61 Å². The molecule has 2 aliphatic carbocycles. The van der Waals surface area contributed by atoms with E-state index in [0.717, 1.165) is 36.3 Å². The Morgan fingerprint density at radius 3 is 1.88 bits per heavy atom. The predicted molar refractivity (Wildman–Crippen MR) is 130 cm³/mol. The molecule has 0 N–H and O–H groups in total. The quantitative estimate of drug-likeness (QED) is 0.164. The first-order chi connectivity index (χ1) is 16.5. The van der Waals surface area contributed by atoms with Gasteiger partial charge >= 0.3 is 6.61 Å². The average molecular weight is 483 g/mol. The van der Waals surface area contributed by atoms with E-state index >= 15 is 0 Å². The molecule has 2 aliphatic rings. The van der Waals surface area contributed by atoms with Crippen molar-refractivity contribution in [2.24, 2.45) is 23.7 Å². The molecule has 34 heavy (non-hydrogen) atoms. The van der Waals surface area contributed by atoms with E-state index in [1.54, 1.807) is 0 Å². The fourth-order valence-electron chi connectivity index (χ4n) is 6.15. The molecule has 0 radical (unpaired) electrons. The van der Waals surface area contributed by atoms with Crippen molar-refractivity contribution in [1.82, 2.24) is 0 Å². The van der Waals surface area contributed by atoms with Crippen molar-refractivity contribution < 1.29 is 22.3 Å². The second kappa shape index (κ2) is 14.1. The van der Waals surface area contributed by atoms with Crippen molar-refractivity contribution in [3.05, 3.63) is 41.5 Å². The van der Waals surface area contributed by atoms with Gasteiger partial charge < -0.3 is 4.74 Å². The smallest absolute Gasteiger partial charge is 0.387 e. The summed E-state index contributed by atoms with van der Waals surface area (Å²) in [7, 11) is 0. The Balaban J connectivity index is 1.33. The first-order valence-electron chi connectivity index (χ1n) is 13.5. The molecule has 0 amide bonds. The van der Waals surface area contributed by atoms with Gasteiger partial charge in [-0.15, -0.1) is 0 Å². The highest BCUT2D eigenvalue weighted by Crippen LogP contribution is 2.43. The number of rotatable bonds is 12. The number of ether oxygens (including phenoxy) is 1. The van der Waals surface area contributed by atoms with Gasteiger partial charge in [-0.25, -0.2) is 8.78 Å². The zero-order valence-electron chi connectivity index (χ0n) is 20.7. The van der Waals surface area contributed by atoms with E-state index in [-0.39, 0.29) is 0 Å². The first-order valence-corrected chi connectivity index (χ1v) is 13.5. The van der Waals surface area contributed by atoms with Gasteiger partial charge in [0.2, 0.25) is 0 Å². The molecule has 3 rings (SSSR count). The third-order valence-corrected chi connectivity index (χ3v) is 8.16. The van der Waals surface area contributed by atoms with Gasteiger partial charge in [0.1, 0.15) is 0 Å². The number of hydrogen-bond acceptors (Lipinski definition) is 1. The van der Waals surface area contributed by atoms with Gasteiger partial charge in [0.15, 0.2) is 17.4 Å². The summed E-state index contributed by atoms with van der Waals surface area (Å²) in [5, 5.41) is 0. The number of aryl methyl sites for hydroxylation is 1. The number of benzene rings is 1. The highest BCUT2D eigenvalue weighted by Gasteiger charge is 2.30. The number of hydrogen-bond donors (Lipinski definition) is 0. The molecule has 2 saturated carbocycles. The highest BCUT2D eigenvalue weighted by atomic mass is 19.3. The van der Waals surface area contributed by atoms with E-state index in [1.807, 2.05) is 0 Å². The van der Waals surface area contributed by atoms with Crippen LogP contribution < -0.4 is 4.74 Å². The maximum Gasteiger partial charge on any atom is 0.387 e. The molecule has 0 aromatic heterocycles. The van der Waals surface area contributed by atoms with Gasteiger partial charge in [-0.1, -0.05) is 57.6 Å². The van der Waals surface area contributed by atoms with Crippen LogP contribution in [0, 0.1) is 35.3 Å². The summed E-state index contributed by atoms with van der Waals surface area (Å²) in [5.41, 5.74) is 0.512. The van der Waals surface area contributed by atoms with Crippen LogP contribution in [0.5, 0.6) is 5.75 Å². The van der Waals surface area contributed by atoms with Gasteiger partial charge in [0.05, 0.1) is 0 Å². The molecular formula is C29H42F4O. The monoisotopic (exact) mass is 482 g/mol. The van der Waals surface area contributed by atoms with Crippen molar-refractivity contribution in [2.75, 3.05) is 0 Å². The lowest BCUT2D eigenvalue weighted by Crippen LogP contribution is -2.26. The highest BCUT2D eigenvalue weighted by molar-refractivity contribution is 5.31. The minimum atomic E-state index is -3.24. The van der Waals surface area contributed by atoms with Crippen LogP contribution in [0.25, 0.3) is 0 Å². The third-order valence-electron chi connectivity index (χ3n) is 8.16. The van der Waals surface area contributed by atoms with Gasteiger partial charge in [0, 0.05) is 0 Å². The molecule has 0 saturated heterocycles. The molecule has 2 fully saturated rings. The molecule has 192 valence electrons. The van der Waals surface area contributed by atoms with Crippen molar-refractivity contribution in [1.29, 1.82) is 0 Å². The molecule has 0 unspecified atom stereocenters. The van der Waals surface area contributed by atoms with Crippen LogP contribution in [0.3, 0.4) is 0 Å². The van der Waals surface area contributed by atoms with Crippen molar-refractivity contribution in [2.45, 2.75) is 110 Å². The fourth-order valence-corrected chi connectivity index (χ4v) is 6.15. The SMILES string of the molecule is CCCC=CCCCC1CCC(C2CCC(CCc3cc(F)c(OC(F)F)c(F)c3)CC2)CC1. The number of allylic oxidation sites excluding steroid dienone is 2. The zero-order valence-corrected chi connectivity index (χ0v) is 20.7. The summed E-state index contributed by atoms with van der Waals surface area (Å²) in [5.74, 6) is 0.131. The van der Waals surface area contributed by atoms with Crippen molar-refractivity contribution in [3.63, 3.8) is 0 Å². The molecule has 0 bridgehead atoms. The lowest BCUT2D eigenvalue weighted by molar-refractivity contribution is -0.0546. The number of alkyl halides is 2. The Morgan fingerprint density at radius 1 is 0.824 bits per heavy atom. The Morgan fingerprint density at radius 2 is 1.35 bits per heavy atom. The number of halogens is 4. The Bertz CT molecular complexity index is 723. The lowest BCUT2D eigenvalue weighted by Gasteiger charge is -2.38. The molecule has 0 aliphatic heterocycles. The van der Waals surface area contributed by atoms with E-state index in [0.29, 0.717) is 17.9 Å². The summed E-state index contributed by atoms with van der Waals surface area (Å²) in [4.78, 5) is 0. The van der Waals surface area contributed by atoms with Crippen LogP contribution in [0.4, 0.5) is 17.6 Å². The average Bonchev–Trinajstić information content (AvgIpc) is 2.83. The molecule has 5 heteroatoms. The summed E-state index contributed by atoms with van der Waals surface area (Å²) in [6.07, 6.45) is 23.0. The second-order valence-corrected chi connectivity index (χ2v) is 10.6. The van der Waals surface area contributed by atoms with E-state index in [9.17, 15) is 17.6 Å². The van der Waals surface area contributed by atoms with Gasteiger partial charge in [-0.2, -0.15) is 8.78 Å². The second-order valence-electron chi connectivity index (χ2n) is 10.6. The number of unbranched alkanes of at least 4 members (excludes halogenated alkanes) is 2. The van der Waals surface area contributed by atoms with Crippen LogP contribution in [0.2, 0.25) is 0 Å². The minimum absolute atomic E-state index is 0.512. The molecule has 1 aromatic carbocycles. The predicted octanol–water partition coefficient (Wildman–Crippen LogP) is 9.64. The normalized spacial score (nSPS) is 25.8. The maximum atomic E-state index is 14.0. The molecular weight excluding hydrogens is 440 g/mol. The van der Waals surface area contributed by atoms with Crippen LogP contribution >= 0.6 is 0 Å². The van der Waals surface area contributed by atoms with Crippen molar-refractivity contribution in [3.8, 4) is 5.75 Å². The first kappa shape index (κ1) is 27.1. The molecule has 1 aromatic rings. The fraction of sp³-hybridized carbons (Fsp3) is 0.724. The van der Waals surface area contributed by atoms with Gasteiger partial charge in [-0.3, -0.25) is 0 Å². The molecule has 0 spiro atoms. The summed E-state index contributed by atoms with van der Waals surface area (Å²) in [6, 6.07) is 2.26. The summed E-state index contributed by atoms with van der Waals surface area (Å²) < 4.78 is 56.4. The van der Waals surface area contributed by atoms with Crippen LogP contribution in [0.1, 0.15) is 102 Å². The maximum absolute atomic E-state index is 14.0. The van der Waals surface area contributed by atoms with Crippen LogP contribution in [0.15, 0.2) is 24.3 Å². The van der Waals surface area contributed by atoms with E-state index in [2.05, 4.69) is 23.8 Å². The van der Waals surface area contributed by atoms with E-state index in [4.69, 9.17) is 0 Å². The van der Waals surface area contributed by atoms with Crippen LogP contribution in [-0.2, 0) is 6.42 Å².